The Morgan fingerprint density at radius 1 is 1.30 bits per heavy atom. The van der Waals surface area contributed by atoms with Gasteiger partial charge in [0.05, 0.1) is 32.8 Å². The first kappa shape index (κ1) is 23.4. The van der Waals surface area contributed by atoms with Crippen LogP contribution in [0.3, 0.4) is 0 Å². The van der Waals surface area contributed by atoms with E-state index in [-0.39, 0.29) is 23.4 Å². The van der Waals surface area contributed by atoms with Crippen molar-refractivity contribution in [3.8, 4) is 6.07 Å². The van der Waals surface area contributed by atoms with Gasteiger partial charge in [-0.25, -0.2) is 14.4 Å². The molecule has 0 spiro atoms. The lowest BCUT2D eigenvalue weighted by molar-refractivity contribution is -0.132. The normalized spacial score (nSPS) is 17.7. The van der Waals surface area contributed by atoms with Crippen molar-refractivity contribution in [3.63, 3.8) is 0 Å². The average Bonchev–Trinajstić information content (AvgIpc) is 3.27. The van der Waals surface area contributed by atoms with Gasteiger partial charge in [-0.2, -0.15) is 5.26 Å². The minimum Gasteiger partial charge on any atom is -0.339 e. The fourth-order valence-electron chi connectivity index (χ4n) is 4.04. The molecular weight excluding hydrogens is 455 g/mol. The Balaban J connectivity index is 1.63. The molecule has 1 aliphatic rings. The summed E-state index contributed by atoms with van der Waals surface area (Å²) in [5.41, 5.74) is 0.960. The molecule has 1 fully saturated rings. The molecule has 5 nitrogen and oxygen atoms in total. The number of carbonyl (C=O) groups is 1. The molecule has 0 aliphatic carbocycles. The first-order valence-corrected chi connectivity index (χ1v) is 12.9. The zero-order valence-electron chi connectivity index (χ0n) is 18.4. The number of fused-ring (bicyclic) bond motifs is 1. The van der Waals surface area contributed by atoms with E-state index in [2.05, 4.69) is 23.0 Å². The summed E-state index contributed by atoms with van der Waals surface area (Å²) < 4.78 is 15.4. The summed E-state index contributed by atoms with van der Waals surface area (Å²) in [5, 5.41) is 11.0. The van der Waals surface area contributed by atoms with Crippen LogP contribution in [0.25, 0.3) is 10.2 Å². The lowest BCUT2D eigenvalue weighted by Gasteiger charge is -2.35. The van der Waals surface area contributed by atoms with Crippen LogP contribution < -0.4 is 0 Å². The largest absolute Gasteiger partial charge is 0.339 e. The van der Waals surface area contributed by atoms with Crippen LogP contribution in [0.15, 0.2) is 53.5 Å². The fourth-order valence-corrected chi connectivity index (χ4v) is 6.06. The van der Waals surface area contributed by atoms with Crippen LogP contribution in [0.1, 0.15) is 43.5 Å². The van der Waals surface area contributed by atoms with Crippen LogP contribution in [-0.4, -0.2) is 39.2 Å². The Morgan fingerprint density at radius 2 is 2.09 bits per heavy atom. The average molecular weight is 481 g/mol. The Bertz CT molecular complexity index is 1170. The number of benzene rings is 2. The molecular formula is C25H25FN4OS2. The Kier molecular flexibility index (Phi) is 7.73. The number of aliphatic imine (C=N–C) groups is 1. The molecule has 1 amide bonds. The molecule has 33 heavy (non-hydrogen) atoms. The summed E-state index contributed by atoms with van der Waals surface area (Å²) >= 11 is 2.64. The van der Waals surface area contributed by atoms with Crippen molar-refractivity contribution in [1.29, 1.82) is 5.26 Å². The standard InChI is InChI=1S/C25H25FN4OS2/c1-2-17-9-7-8-14-30(17)23(31)16-32-24(28-20-11-4-3-10-19(20)26)18(15-27)25-29-21-12-5-6-13-22(21)33-25/h3-6,10-13,17-18H,2,7-9,14,16H2,1H3. The topological polar surface area (TPSA) is 69.3 Å². The summed E-state index contributed by atoms with van der Waals surface area (Å²) in [7, 11) is 0. The molecule has 2 unspecified atom stereocenters. The number of nitrogens with zero attached hydrogens (tertiary/aromatic N) is 4. The monoisotopic (exact) mass is 480 g/mol. The van der Waals surface area contributed by atoms with Crippen molar-refractivity contribution in [2.45, 2.75) is 44.6 Å². The van der Waals surface area contributed by atoms with Gasteiger partial charge in [0.25, 0.3) is 0 Å². The first-order valence-electron chi connectivity index (χ1n) is 11.1. The van der Waals surface area contributed by atoms with Crippen molar-refractivity contribution in [1.82, 2.24) is 9.88 Å². The highest BCUT2D eigenvalue weighted by Gasteiger charge is 2.28. The lowest BCUT2D eigenvalue weighted by atomic mass is 10.0. The van der Waals surface area contributed by atoms with E-state index in [9.17, 15) is 14.4 Å². The maximum absolute atomic E-state index is 14.4. The molecule has 8 heteroatoms. The molecule has 0 saturated carbocycles. The van der Waals surface area contributed by atoms with Gasteiger partial charge in [-0.15, -0.1) is 11.3 Å². The second-order valence-corrected chi connectivity index (χ2v) is 9.97. The number of amides is 1. The lowest BCUT2D eigenvalue weighted by Crippen LogP contribution is -2.44. The van der Waals surface area contributed by atoms with Crippen molar-refractivity contribution in [2.75, 3.05) is 12.3 Å². The summed E-state index contributed by atoms with van der Waals surface area (Å²) in [6, 6.07) is 16.4. The molecule has 1 aliphatic heterocycles. The molecule has 0 bridgehead atoms. The van der Waals surface area contributed by atoms with Gasteiger partial charge >= 0.3 is 0 Å². The van der Waals surface area contributed by atoms with Gasteiger partial charge in [-0.1, -0.05) is 43.0 Å². The van der Waals surface area contributed by atoms with E-state index >= 15 is 0 Å². The van der Waals surface area contributed by atoms with Gasteiger partial charge in [0.2, 0.25) is 5.91 Å². The van der Waals surface area contributed by atoms with Crippen molar-refractivity contribution in [3.05, 3.63) is 59.4 Å². The fraction of sp³-hybridized carbons (Fsp3) is 0.360. The number of carbonyl (C=O) groups excluding carboxylic acids is 1. The van der Waals surface area contributed by atoms with Crippen molar-refractivity contribution >= 4 is 50.0 Å². The number of rotatable bonds is 6. The number of piperidine rings is 1. The van der Waals surface area contributed by atoms with E-state index in [0.717, 1.165) is 42.4 Å². The van der Waals surface area contributed by atoms with Gasteiger partial charge in [0, 0.05) is 12.6 Å². The van der Waals surface area contributed by atoms with Crippen LogP contribution in [0.4, 0.5) is 10.1 Å². The van der Waals surface area contributed by atoms with E-state index < -0.39 is 11.7 Å². The maximum atomic E-state index is 14.4. The Labute approximate surface area is 201 Å². The molecule has 4 rings (SSSR count). The number of halogens is 1. The molecule has 2 aromatic carbocycles. The zero-order chi connectivity index (χ0) is 23.2. The molecule has 170 valence electrons. The van der Waals surface area contributed by atoms with Crippen LogP contribution in [0, 0.1) is 17.1 Å². The van der Waals surface area contributed by atoms with Crippen LogP contribution in [0.5, 0.6) is 0 Å². The second-order valence-electron chi connectivity index (χ2n) is 7.92. The molecule has 3 aromatic rings. The van der Waals surface area contributed by atoms with Crippen molar-refractivity contribution < 1.29 is 9.18 Å². The van der Waals surface area contributed by atoms with Crippen molar-refractivity contribution in [2.24, 2.45) is 4.99 Å². The van der Waals surface area contributed by atoms with E-state index in [1.54, 1.807) is 18.2 Å². The van der Waals surface area contributed by atoms with Crippen LogP contribution in [-0.2, 0) is 4.79 Å². The molecule has 1 saturated heterocycles. The molecule has 0 N–H and O–H groups in total. The number of para-hydroxylation sites is 2. The van der Waals surface area contributed by atoms with E-state index in [4.69, 9.17) is 0 Å². The third kappa shape index (κ3) is 5.43. The number of hydrogen-bond acceptors (Lipinski definition) is 6. The number of hydrogen-bond donors (Lipinski definition) is 0. The van der Waals surface area contributed by atoms with Crippen LogP contribution >= 0.6 is 23.1 Å². The molecule has 0 radical (unpaired) electrons. The van der Waals surface area contributed by atoms with Gasteiger partial charge in [0.15, 0.2) is 0 Å². The SMILES string of the molecule is CCC1CCCCN1C(=O)CSC(=Nc1ccccc1F)C(C#N)c1nc2ccccc2s1. The molecule has 1 aromatic heterocycles. The summed E-state index contributed by atoms with van der Waals surface area (Å²) in [6.07, 6.45) is 4.11. The smallest absolute Gasteiger partial charge is 0.233 e. The number of likely N-dealkylation sites (tertiary alicyclic amines) is 1. The van der Waals surface area contributed by atoms with Crippen LogP contribution in [0.2, 0.25) is 0 Å². The number of nitriles is 1. The van der Waals surface area contributed by atoms with Gasteiger partial charge in [-0.05, 0) is 49.9 Å². The minimum absolute atomic E-state index is 0.0359. The van der Waals surface area contributed by atoms with E-state index in [1.807, 2.05) is 29.2 Å². The third-order valence-electron chi connectivity index (χ3n) is 5.78. The third-order valence-corrected chi connectivity index (χ3v) is 7.89. The van der Waals surface area contributed by atoms with Gasteiger partial charge in [-0.3, -0.25) is 4.79 Å². The quantitative estimate of drug-likeness (QED) is 0.307. The summed E-state index contributed by atoms with van der Waals surface area (Å²) in [6.45, 7) is 2.87. The predicted octanol–water partition coefficient (Wildman–Crippen LogP) is 6.30. The van der Waals surface area contributed by atoms with E-state index in [0.29, 0.717) is 10.1 Å². The highest BCUT2D eigenvalue weighted by atomic mass is 32.2. The maximum Gasteiger partial charge on any atom is 0.233 e. The second kappa shape index (κ2) is 10.9. The number of thiazole rings is 1. The summed E-state index contributed by atoms with van der Waals surface area (Å²) in [4.78, 5) is 24.1. The zero-order valence-corrected chi connectivity index (χ0v) is 20.0. The minimum atomic E-state index is -0.775. The molecule has 2 heterocycles. The predicted molar refractivity (Wildman–Crippen MR) is 134 cm³/mol. The van der Waals surface area contributed by atoms with E-state index in [1.165, 1.54) is 29.2 Å². The Hall–Kier alpha value is -2.76. The first-order chi connectivity index (χ1) is 16.1. The van der Waals surface area contributed by atoms with Gasteiger partial charge in [0.1, 0.15) is 16.7 Å². The number of thioether (sulfide) groups is 1. The Morgan fingerprint density at radius 3 is 2.85 bits per heavy atom. The number of aromatic nitrogens is 1. The highest BCUT2D eigenvalue weighted by Crippen LogP contribution is 2.33. The molecule has 2 atom stereocenters. The summed E-state index contributed by atoms with van der Waals surface area (Å²) in [5.74, 6) is -1.05. The highest BCUT2D eigenvalue weighted by molar-refractivity contribution is 8.14. The van der Waals surface area contributed by atoms with Gasteiger partial charge < -0.3 is 4.90 Å².